The standard InChI is InChI=1S/C16H30O2/c1-5-14(17)12-15(18-16(2,3)4)11-13-9-7-6-8-10-13/h13,15H,5-12H2,1-4H3. The number of rotatable bonds is 6. The van der Waals surface area contributed by atoms with Gasteiger partial charge >= 0.3 is 0 Å². The van der Waals surface area contributed by atoms with Crippen molar-refractivity contribution >= 4 is 5.78 Å². The van der Waals surface area contributed by atoms with Crippen LogP contribution in [0.5, 0.6) is 0 Å². The number of hydrogen-bond acceptors (Lipinski definition) is 2. The van der Waals surface area contributed by atoms with Crippen molar-refractivity contribution in [1.29, 1.82) is 0 Å². The lowest BCUT2D eigenvalue weighted by Gasteiger charge is -2.31. The topological polar surface area (TPSA) is 26.3 Å². The van der Waals surface area contributed by atoms with Gasteiger partial charge in [0, 0.05) is 12.8 Å². The van der Waals surface area contributed by atoms with Gasteiger partial charge in [-0.1, -0.05) is 39.0 Å². The molecule has 1 atom stereocenters. The zero-order valence-electron chi connectivity index (χ0n) is 12.6. The Balaban J connectivity index is 2.49. The third-order valence-electron chi connectivity index (χ3n) is 3.69. The second kappa shape index (κ2) is 7.28. The molecule has 1 rings (SSSR count). The maximum Gasteiger partial charge on any atom is 0.135 e. The van der Waals surface area contributed by atoms with E-state index in [9.17, 15) is 4.79 Å². The molecule has 0 aromatic carbocycles. The lowest BCUT2D eigenvalue weighted by atomic mass is 9.84. The molecule has 106 valence electrons. The number of carbonyl (C=O) groups is 1. The maximum atomic E-state index is 11.7. The third kappa shape index (κ3) is 6.53. The first-order chi connectivity index (χ1) is 8.40. The summed E-state index contributed by atoms with van der Waals surface area (Å²) in [5.41, 5.74) is -0.145. The van der Waals surface area contributed by atoms with E-state index in [4.69, 9.17) is 4.74 Å². The van der Waals surface area contributed by atoms with Crippen molar-refractivity contribution in [3.8, 4) is 0 Å². The van der Waals surface area contributed by atoms with Crippen LogP contribution in [-0.4, -0.2) is 17.5 Å². The Kier molecular flexibility index (Phi) is 6.34. The fourth-order valence-corrected chi connectivity index (χ4v) is 2.87. The average Bonchev–Trinajstić information content (AvgIpc) is 2.27. The van der Waals surface area contributed by atoms with Crippen LogP contribution in [0.15, 0.2) is 0 Å². The van der Waals surface area contributed by atoms with Crippen LogP contribution in [0.2, 0.25) is 0 Å². The molecule has 1 unspecified atom stereocenters. The molecule has 0 heterocycles. The molecule has 2 heteroatoms. The fourth-order valence-electron chi connectivity index (χ4n) is 2.87. The molecule has 0 aliphatic heterocycles. The number of ether oxygens (including phenoxy) is 1. The Bertz CT molecular complexity index is 246. The first-order valence-electron chi connectivity index (χ1n) is 7.60. The molecular formula is C16H30O2. The summed E-state index contributed by atoms with van der Waals surface area (Å²) in [5.74, 6) is 1.11. The van der Waals surface area contributed by atoms with E-state index in [0.717, 1.165) is 12.3 Å². The van der Waals surface area contributed by atoms with Gasteiger partial charge in [-0.25, -0.2) is 0 Å². The third-order valence-corrected chi connectivity index (χ3v) is 3.69. The average molecular weight is 254 g/mol. The summed E-state index contributed by atoms with van der Waals surface area (Å²) in [6.45, 7) is 8.18. The van der Waals surface area contributed by atoms with Crippen molar-refractivity contribution in [3.63, 3.8) is 0 Å². The van der Waals surface area contributed by atoms with E-state index in [2.05, 4.69) is 20.8 Å². The van der Waals surface area contributed by atoms with E-state index < -0.39 is 0 Å². The predicted molar refractivity (Wildman–Crippen MR) is 75.7 cm³/mol. The van der Waals surface area contributed by atoms with Gasteiger partial charge in [0.15, 0.2) is 0 Å². The molecule has 0 aromatic heterocycles. The highest BCUT2D eigenvalue weighted by Crippen LogP contribution is 2.30. The highest BCUT2D eigenvalue weighted by molar-refractivity contribution is 5.78. The Morgan fingerprint density at radius 3 is 2.33 bits per heavy atom. The summed E-state index contributed by atoms with van der Waals surface area (Å²) in [5, 5.41) is 0. The Hall–Kier alpha value is -0.370. The van der Waals surface area contributed by atoms with Gasteiger partial charge in [0.1, 0.15) is 5.78 Å². The Morgan fingerprint density at radius 1 is 1.22 bits per heavy atom. The summed E-state index contributed by atoms with van der Waals surface area (Å²) in [6.07, 6.45) is 9.18. The SMILES string of the molecule is CCC(=O)CC(CC1CCCCC1)OC(C)(C)C. The van der Waals surface area contributed by atoms with Crippen molar-refractivity contribution in [2.24, 2.45) is 5.92 Å². The van der Waals surface area contributed by atoms with Crippen LogP contribution >= 0.6 is 0 Å². The molecule has 18 heavy (non-hydrogen) atoms. The van der Waals surface area contributed by atoms with Crippen LogP contribution in [0.4, 0.5) is 0 Å². The molecule has 0 radical (unpaired) electrons. The molecule has 2 nitrogen and oxygen atoms in total. The Morgan fingerprint density at radius 2 is 1.83 bits per heavy atom. The molecule has 1 aliphatic rings. The second-order valence-corrected chi connectivity index (χ2v) is 6.69. The monoisotopic (exact) mass is 254 g/mol. The van der Waals surface area contributed by atoms with Gasteiger partial charge in [0.05, 0.1) is 11.7 Å². The minimum atomic E-state index is -0.145. The lowest BCUT2D eigenvalue weighted by Crippen LogP contribution is -2.31. The normalized spacial score (nSPS) is 19.8. The predicted octanol–water partition coefficient (Wildman–Crippen LogP) is 4.51. The van der Waals surface area contributed by atoms with Crippen LogP contribution in [-0.2, 0) is 9.53 Å². The van der Waals surface area contributed by atoms with Gasteiger partial charge in [-0.3, -0.25) is 4.79 Å². The van der Waals surface area contributed by atoms with Gasteiger partial charge in [0.25, 0.3) is 0 Å². The quantitative estimate of drug-likeness (QED) is 0.697. The zero-order chi connectivity index (χ0) is 13.6. The van der Waals surface area contributed by atoms with Crippen molar-refractivity contribution < 1.29 is 9.53 Å². The van der Waals surface area contributed by atoms with E-state index in [1.54, 1.807) is 0 Å². The van der Waals surface area contributed by atoms with Crippen LogP contribution in [0, 0.1) is 5.92 Å². The molecule has 0 amide bonds. The molecular weight excluding hydrogens is 224 g/mol. The summed E-state index contributed by atoms with van der Waals surface area (Å²) in [7, 11) is 0. The Labute approximate surface area is 112 Å². The number of ketones is 1. The molecule has 0 aromatic rings. The zero-order valence-corrected chi connectivity index (χ0v) is 12.6. The first-order valence-corrected chi connectivity index (χ1v) is 7.60. The summed E-state index contributed by atoms with van der Waals surface area (Å²) in [6, 6.07) is 0. The van der Waals surface area contributed by atoms with Gasteiger partial charge in [-0.15, -0.1) is 0 Å². The summed E-state index contributed by atoms with van der Waals surface area (Å²) < 4.78 is 6.09. The lowest BCUT2D eigenvalue weighted by molar-refractivity contribution is -0.126. The van der Waals surface area contributed by atoms with Crippen molar-refractivity contribution in [2.45, 2.75) is 90.8 Å². The second-order valence-electron chi connectivity index (χ2n) is 6.69. The minimum Gasteiger partial charge on any atom is -0.372 e. The maximum absolute atomic E-state index is 11.7. The summed E-state index contributed by atoms with van der Waals surface area (Å²) >= 11 is 0. The molecule has 1 aliphatic carbocycles. The van der Waals surface area contributed by atoms with Crippen LogP contribution in [0.3, 0.4) is 0 Å². The first kappa shape index (κ1) is 15.7. The van der Waals surface area contributed by atoms with Crippen molar-refractivity contribution in [3.05, 3.63) is 0 Å². The molecule has 1 fully saturated rings. The van der Waals surface area contributed by atoms with E-state index in [1.165, 1.54) is 32.1 Å². The van der Waals surface area contributed by atoms with Crippen LogP contribution in [0.1, 0.15) is 79.1 Å². The van der Waals surface area contributed by atoms with Gasteiger partial charge in [-0.2, -0.15) is 0 Å². The molecule has 0 N–H and O–H groups in total. The van der Waals surface area contributed by atoms with Crippen LogP contribution in [0.25, 0.3) is 0 Å². The van der Waals surface area contributed by atoms with Gasteiger partial charge in [-0.05, 0) is 33.1 Å². The van der Waals surface area contributed by atoms with Gasteiger partial charge < -0.3 is 4.74 Å². The number of carbonyl (C=O) groups excluding carboxylic acids is 1. The molecule has 0 spiro atoms. The number of hydrogen-bond donors (Lipinski definition) is 0. The largest absolute Gasteiger partial charge is 0.372 e. The van der Waals surface area contributed by atoms with Crippen LogP contribution < -0.4 is 0 Å². The number of Topliss-reactive ketones (excluding diaryl/α,β-unsaturated/α-hetero) is 1. The van der Waals surface area contributed by atoms with Crippen molar-refractivity contribution in [2.75, 3.05) is 0 Å². The fraction of sp³-hybridized carbons (Fsp3) is 0.938. The highest BCUT2D eigenvalue weighted by atomic mass is 16.5. The summed E-state index contributed by atoms with van der Waals surface area (Å²) in [4.78, 5) is 11.7. The highest BCUT2D eigenvalue weighted by Gasteiger charge is 2.25. The van der Waals surface area contributed by atoms with E-state index >= 15 is 0 Å². The van der Waals surface area contributed by atoms with Gasteiger partial charge in [0.2, 0.25) is 0 Å². The molecule has 0 bridgehead atoms. The van der Waals surface area contributed by atoms with Crippen molar-refractivity contribution in [1.82, 2.24) is 0 Å². The minimum absolute atomic E-state index is 0.126. The smallest absolute Gasteiger partial charge is 0.135 e. The van der Waals surface area contributed by atoms with E-state index in [-0.39, 0.29) is 11.7 Å². The molecule has 0 saturated heterocycles. The molecule has 1 saturated carbocycles. The van der Waals surface area contributed by atoms with E-state index in [1.807, 2.05) is 6.92 Å². The van der Waals surface area contributed by atoms with E-state index in [0.29, 0.717) is 18.6 Å².